The number of amides is 2. The highest BCUT2D eigenvalue weighted by Crippen LogP contribution is 2.31. The maximum Gasteiger partial charge on any atom is 0.326 e. The molecule has 3 heterocycles. The lowest BCUT2D eigenvalue weighted by atomic mass is 9.96. The Bertz CT molecular complexity index is 847. The van der Waals surface area contributed by atoms with Crippen molar-refractivity contribution < 1.29 is 4.79 Å². The number of aromatic nitrogens is 3. The van der Waals surface area contributed by atoms with Gasteiger partial charge in [-0.1, -0.05) is 18.2 Å². The molecule has 0 saturated carbocycles. The van der Waals surface area contributed by atoms with E-state index in [1.54, 1.807) is 37.1 Å². The first kappa shape index (κ1) is 15.4. The largest absolute Gasteiger partial charge is 0.335 e. The third-order valence-electron chi connectivity index (χ3n) is 4.49. The number of benzene rings is 1. The summed E-state index contributed by atoms with van der Waals surface area (Å²) in [6.07, 6.45) is 10.7. The molecule has 1 unspecified atom stereocenters. The molecule has 0 bridgehead atoms. The lowest BCUT2D eigenvalue weighted by molar-refractivity contribution is 0.252. The summed E-state index contributed by atoms with van der Waals surface area (Å²) in [6.45, 7) is 0.720. The molecule has 2 aromatic heterocycles. The van der Waals surface area contributed by atoms with E-state index < -0.39 is 0 Å². The molecular weight excluding hydrogens is 314 g/mol. The summed E-state index contributed by atoms with van der Waals surface area (Å²) in [4.78, 5) is 23.0. The number of nitrogens with zero attached hydrogens (tertiary/aromatic N) is 4. The van der Waals surface area contributed by atoms with Crippen molar-refractivity contribution in [3.05, 3.63) is 73.1 Å². The molecule has 1 N–H and O–H groups in total. The van der Waals surface area contributed by atoms with Crippen LogP contribution < -0.4 is 10.2 Å². The van der Waals surface area contributed by atoms with Crippen LogP contribution >= 0.6 is 0 Å². The van der Waals surface area contributed by atoms with Gasteiger partial charge in [0.1, 0.15) is 0 Å². The van der Waals surface area contributed by atoms with Gasteiger partial charge in [-0.3, -0.25) is 9.88 Å². The number of hydrogen-bond donors (Lipinski definition) is 1. The Morgan fingerprint density at radius 2 is 1.96 bits per heavy atom. The van der Waals surface area contributed by atoms with Crippen molar-refractivity contribution in [1.29, 1.82) is 0 Å². The Labute approximate surface area is 146 Å². The number of rotatable bonds is 3. The summed E-state index contributed by atoms with van der Waals surface area (Å²) in [7, 11) is 0. The number of para-hydroxylation sites is 1. The zero-order chi connectivity index (χ0) is 17.1. The normalized spacial score (nSPS) is 16.3. The SMILES string of the molecule is O=C(Nc1ccncc1)N1c2ccccc2CCC1Cn1ccnc1. The molecule has 3 aromatic rings. The number of carbonyl (C=O) groups excluding carboxylic acids is 1. The van der Waals surface area contributed by atoms with Gasteiger partial charge in [-0.2, -0.15) is 0 Å². The number of hydrogen-bond acceptors (Lipinski definition) is 3. The van der Waals surface area contributed by atoms with Crippen molar-refractivity contribution >= 4 is 17.4 Å². The van der Waals surface area contributed by atoms with Crippen LogP contribution in [0.2, 0.25) is 0 Å². The van der Waals surface area contributed by atoms with Gasteiger partial charge in [0, 0.05) is 42.7 Å². The van der Waals surface area contributed by atoms with Gasteiger partial charge in [0.05, 0.1) is 12.4 Å². The molecule has 0 radical (unpaired) electrons. The molecule has 1 aromatic carbocycles. The molecule has 25 heavy (non-hydrogen) atoms. The highest BCUT2D eigenvalue weighted by molar-refractivity contribution is 6.03. The van der Waals surface area contributed by atoms with E-state index in [1.807, 2.05) is 33.9 Å². The lowest BCUT2D eigenvalue weighted by Crippen LogP contribution is -2.47. The van der Waals surface area contributed by atoms with Crippen LogP contribution in [0, 0.1) is 0 Å². The molecule has 1 aliphatic heterocycles. The summed E-state index contributed by atoms with van der Waals surface area (Å²) >= 11 is 0. The number of anilines is 2. The van der Waals surface area contributed by atoms with Gasteiger partial charge in [-0.05, 0) is 36.6 Å². The average Bonchev–Trinajstić information content (AvgIpc) is 3.15. The molecule has 0 spiro atoms. The Kier molecular flexibility index (Phi) is 4.16. The Morgan fingerprint density at radius 3 is 2.76 bits per heavy atom. The van der Waals surface area contributed by atoms with E-state index in [0.717, 1.165) is 30.8 Å². The van der Waals surface area contributed by atoms with Crippen molar-refractivity contribution in [2.75, 3.05) is 10.2 Å². The number of imidazole rings is 1. The summed E-state index contributed by atoms with van der Waals surface area (Å²) in [6, 6.07) is 11.6. The molecule has 2 amide bonds. The fourth-order valence-electron chi connectivity index (χ4n) is 3.31. The molecule has 1 aliphatic rings. The van der Waals surface area contributed by atoms with E-state index in [4.69, 9.17) is 0 Å². The van der Waals surface area contributed by atoms with Gasteiger partial charge in [-0.25, -0.2) is 9.78 Å². The second-order valence-corrected chi connectivity index (χ2v) is 6.12. The van der Waals surface area contributed by atoms with Crippen molar-refractivity contribution in [2.24, 2.45) is 0 Å². The highest BCUT2D eigenvalue weighted by atomic mass is 16.2. The molecule has 0 fully saturated rings. The Balaban J connectivity index is 1.64. The van der Waals surface area contributed by atoms with Crippen molar-refractivity contribution in [2.45, 2.75) is 25.4 Å². The molecule has 6 heteroatoms. The molecular formula is C19H19N5O. The second-order valence-electron chi connectivity index (χ2n) is 6.12. The van der Waals surface area contributed by atoms with Gasteiger partial charge in [0.2, 0.25) is 0 Å². The number of fused-ring (bicyclic) bond motifs is 1. The first-order chi connectivity index (χ1) is 12.3. The first-order valence-corrected chi connectivity index (χ1v) is 8.35. The highest BCUT2D eigenvalue weighted by Gasteiger charge is 2.31. The van der Waals surface area contributed by atoms with Gasteiger partial charge < -0.3 is 9.88 Å². The quantitative estimate of drug-likeness (QED) is 0.799. The number of nitrogens with one attached hydrogen (secondary N) is 1. The standard InChI is InChI=1S/C19H19N5O/c25-19(22-16-7-9-20-10-8-16)24-17(13-23-12-11-21-14-23)6-5-15-3-1-2-4-18(15)24/h1-4,7-12,14,17H,5-6,13H2,(H,20,22,25). The van der Waals surface area contributed by atoms with E-state index >= 15 is 0 Å². The molecule has 6 nitrogen and oxygen atoms in total. The van der Waals surface area contributed by atoms with Crippen molar-refractivity contribution in [1.82, 2.24) is 14.5 Å². The predicted octanol–water partition coefficient (Wildman–Crippen LogP) is 3.33. The zero-order valence-electron chi connectivity index (χ0n) is 13.7. The van der Waals surface area contributed by atoms with Gasteiger partial charge in [0.25, 0.3) is 0 Å². The smallest absolute Gasteiger partial charge is 0.326 e. The maximum atomic E-state index is 13.0. The van der Waals surface area contributed by atoms with E-state index in [0.29, 0.717) is 0 Å². The predicted molar refractivity (Wildman–Crippen MR) is 96.5 cm³/mol. The van der Waals surface area contributed by atoms with Crippen LogP contribution in [0.5, 0.6) is 0 Å². The fraction of sp³-hybridized carbons (Fsp3) is 0.211. The Morgan fingerprint density at radius 1 is 1.12 bits per heavy atom. The molecule has 4 rings (SSSR count). The number of urea groups is 1. The van der Waals surface area contributed by atoms with E-state index in [9.17, 15) is 4.79 Å². The average molecular weight is 333 g/mol. The van der Waals surface area contributed by atoms with E-state index in [1.165, 1.54) is 5.56 Å². The van der Waals surface area contributed by atoms with Crippen LogP contribution in [0.4, 0.5) is 16.2 Å². The van der Waals surface area contributed by atoms with Crippen LogP contribution in [0.15, 0.2) is 67.5 Å². The summed E-state index contributed by atoms with van der Waals surface area (Å²) in [5.74, 6) is 0. The summed E-state index contributed by atoms with van der Waals surface area (Å²) in [5, 5.41) is 2.98. The zero-order valence-corrected chi connectivity index (χ0v) is 13.7. The first-order valence-electron chi connectivity index (χ1n) is 8.35. The van der Waals surface area contributed by atoms with Crippen molar-refractivity contribution in [3.63, 3.8) is 0 Å². The summed E-state index contributed by atoms with van der Waals surface area (Å²) in [5.41, 5.74) is 2.92. The fourth-order valence-corrected chi connectivity index (χ4v) is 3.31. The van der Waals surface area contributed by atoms with Crippen LogP contribution in [0.3, 0.4) is 0 Å². The third kappa shape index (κ3) is 3.24. The van der Waals surface area contributed by atoms with Crippen LogP contribution in [0.1, 0.15) is 12.0 Å². The van der Waals surface area contributed by atoms with Gasteiger partial charge in [-0.15, -0.1) is 0 Å². The van der Waals surface area contributed by atoms with Gasteiger partial charge >= 0.3 is 6.03 Å². The molecule has 126 valence electrons. The Hall–Kier alpha value is -3.15. The van der Waals surface area contributed by atoms with Crippen LogP contribution in [-0.2, 0) is 13.0 Å². The van der Waals surface area contributed by atoms with E-state index in [-0.39, 0.29) is 12.1 Å². The van der Waals surface area contributed by atoms with Crippen LogP contribution in [-0.4, -0.2) is 26.6 Å². The number of aryl methyl sites for hydroxylation is 1. The maximum absolute atomic E-state index is 13.0. The minimum absolute atomic E-state index is 0.0749. The monoisotopic (exact) mass is 333 g/mol. The van der Waals surface area contributed by atoms with E-state index in [2.05, 4.69) is 21.4 Å². The number of carbonyl (C=O) groups is 1. The lowest BCUT2D eigenvalue weighted by Gasteiger charge is -2.37. The van der Waals surface area contributed by atoms with Crippen LogP contribution in [0.25, 0.3) is 0 Å². The van der Waals surface area contributed by atoms with Crippen molar-refractivity contribution in [3.8, 4) is 0 Å². The third-order valence-corrected chi connectivity index (χ3v) is 4.49. The van der Waals surface area contributed by atoms with Gasteiger partial charge in [0.15, 0.2) is 0 Å². The minimum Gasteiger partial charge on any atom is -0.335 e. The topological polar surface area (TPSA) is 63.1 Å². The summed E-state index contributed by atoms with van der Waals surface area (Å²) < 4.78 is 2.02. The minimum atomic E-state index is -0.122. The molecule has 0 saturated heterocycles. The molecule has 0 aliphatic carbocycles. The molecule has 1 atom stereocenters. The number of pyridine rings is 1. The second kappa shape index (κ2) is 6.76.